The fraction of sp³-hybridized carbons (Fsp3) is 0.286. The topological polar surface area (TPSA) is 126 Å². The zero-order valence-electron chi connectivity index (χ0n) is 18.1. The third-order valence-corrected chi connectivity index (χ3v) is 5.51. The van der Waals surface area contributed by atoms with Crippen molar-refractivity contribution in [2.24, 2.45) is 0 Å². The van der Waals surface area contributed by atoms with Gasteiger partial charge in [-0.2, -0.15) is 0 Å². The van der Waals surface area contributed by atoms with Crippen LogP contribution < -0.4 is 30.7 Å². The molecule has 1 heterocycles. The molecule has 0 fully saturated rings. The van der Waals surface area contributed by atoms with Gasteiger partial charge in [-0.3, -0.25) is 4.79 Å². The van der Waals surface area contributed by atoms with E-state index in [9.17, 15) is 4.79 Å². The summed E-state index contributed by atoms with van der Waals surface area (Å²) in [6, 6.07) is 13.0. The predicted octanol–water partition coefficient (Wildman–Crippen LogP) is 2.04. The molecule has 1 amide bonds. The molecule has 32 heavy (non-hydrogen) atoms. The Labute approximate surface area is 190 Å². The first-order valence-corrected chi connectivity index (χ1v) is 10.7. The first-order valence-electron chi connectivity index (χ1n) is 9.72. The van der Waals surface area contributed by atoms with Crippen LogP contribution in [0.2, 0.25) is 0 Å². The second kappa shape index (κ2) is 11.1. The molecule has 3 rings (SSSR count). The van der Waals surface area contributed by atoms with Gasteiger partial charge in [0.2, 0.25) is 11.1 Å². The van der Waals surface area contributed by atoms with E-state index in [2.05, 4.69) is 20.8 Å². The molecule has 0 aliphatic heterocycles. The lowest BCUT2D eigenvalue weighted by Crippen LogP contribution is -2.25. The van der Waals surface area contributed by atoms with Crippen molar-refractivity contribution in [1.82, 2.24) is 20.2 Å². The average molecular weight is 459 g/mol. The van der Waals surface area contributed by atoms with E-state index < -0.39 is 0 Å². The van der Waals surface area contributed by atoms with Crippen LogP contribution in [0.4, 0.5) is 5.69 Å². The Bertz CT molecular complexity index is 1040. The Hall–Kier alpha value is -3.60. The molecule has 10 nitrogen and oxygen atoms in total. The van der Waals surface area contributed by atoms with Gasteiger partial charge in [-0.15, -0.1) is 10.2 Å². The number of carbonyl (C=O) groups excluding carboxylic acids is 1. The predicted molar refractivity (Wildman–Crippen MR) is 123 cm³/mol. The SMILES string of the molecule is COc1ccc(NCc2nnc(SCC(=O)NCc3cccc(OC)c3OC)n2N)cc1. The Kier molecular flexibility index (Phi) is 8.03. The number of para-hydroxylation sites is 1. The van der Waals surface area contributed by atoms with Gasteiger partial charge >= 0.3 is 0 Å². The number of hydrogen-bond donors (Lipinski definition) is 3. The number of amides is 1. The van der Waals surface area contributed by atoms with Crippen molar-refractivity contribution in [2.45, 2.75) is 18.2 Å². The summed E-state index contributed by atoms with van der Waals surface area (Å²) in [7, 11) is 4.75. The van der Waals surface area contributed by atoms with Crippen LogP contribution in [0.5, 0.6) is 17.2 Å². The van der Waals surface area contributed by atoms with Gasteiger partial charge in [0.15, 0.2) is 17.3 Å². The summed E-state index contributed by atoms with van der Waals surface area (Å²) in [6.07, 6.45) is 0. The average Bonchev–Trinajstić information content (AvgIpc) is 3.19. The number of rotatable bonds is 11. The Morgan fingerprint density at radius 3 is 2.50 bits per heavy atom. The van der Waals surface area contributed by atoms with Crippen LogP contribution in [0.3, 0.4) is 0 Å². The van der Waals surface area contributed by atoms with Crippen molar-refractivity contribution in [3.8, 4) is 17.2 Å². The molecule has 0 radical (unpaired) electrons. The third-order valence-electron chi connectivity index (χ3n) is 4.57. The first kappa shape index (κ1) is 23.1. The number of benzene rings is 2. The van der Waals surface area contributed by atoms with Gasteiger partial charge in [0, 0.05) is 17.8 Å². The van der Waals surface area contributed by atoms with Crippen LogP contribution in [0.25, 0.3) is 0 Å². The molecule has 0 saturated heterocycles. The molecule has 0 aliphatic carbocycles. The summed E-state index contributed by atoms with van der Waals surface area (Å²) >= 11 is 1.21. The minimum absolute atomic E-state index is 0.146. The highest BCUT2D eigenvalue weighted by molar-refractivity contribution is 7.99. The first-order chi connectivity index (χ1) is 15.5. The molecule has 11 heteroatoms. The summed E-state index contributed by atoms with van der Waals surface area (Å²) in [6.45, 7) is 0.699. The zero-order chi connectivity index (χ0) is 22.9. The number of nitrogens with two attached hydrogens (primary N) is 1. The Morgan fingerprint density at radius 2 is 1.81 bits per heavy atom. The lowest BCUT2D eigenvalue weighted by Gasteiger charge is -2.13. The van der Waals surface area contributed by atoms with Crippen molar-refractivity contribution in [3.05, 3.63) is 53.9 Å². The van der Waals surface area contributed by atoms with Crippen molar-refractivity contribution >= 4 is 23.4 Å². The molecule has 4 N–H and O–H groups in total. The zero-order valence-corrected chi connectivity index (χ0v) is 18.9. The number of hydrogen-bond acceptors (Lipinski definition) is 9. The van der Waals surface area contributed by atoms with Crippen molar-refractivity contribution in [2.75, 3.05) is 38.2 Å². The van der Waals surface area contributed by atoms with Gasteiger partial charge in [0.25, 0.3) is 0 Å². The van der Waals surface area contributed by atoms with Crippen LogP contribution in [-0.4, -0.2) is 47.9 Å². The van der Waals surface area contributed by atoms with Gasteiger partial charge < -0.3 is 30.7 Å². The molecule has 2 aromatic carbocycles. The highest BCUT2D eigenvalue weighted by atomic mass is 32.2. The minimum Gasteiger partial charge on any atom is -0.497 e. The van der Waals surface area contributed by atoms with E-state index in [1.54, 1.807) is 27.4 Å². The minimum atomic E-state index is -0.166. The van der Waals surface area contributed by atoms with E-state index >= 15 is 0 Å². The highest BCUT2D eigenvalue weighted by Gasteiger charge is 2.14. The maximum atomic E-state index is 12.3. The standard InChI is InChI=1S/C21H26N6O4S/c1-29-16-9-7-15(8-10-16)23-12-18-25-26-21(27(18)22)32-13-19(28)24-11-14-5-4-6-17(30-2)20(14)31-3/h4-10,23H,11-13,22H2,1-3H3,(H,24,28). The number of thioether (sulfide) groups is 1. The molecule has 1 aromatic heterocycles. The lowest BCUT2D eigenvalue weighted by atomic mass is 10.2. The number of aromatic nitrogens is 3. The molecule has 0 saturated carbocycles. The van der Waals surface area contributed by atoms with Gasteiger partial charge in [0.05, 0.1) is 33.6 Å². The molecule has 3 aromatic rings. The number of anilines is 1. The van der Waals surface area contributed by atoms with Crippen LogP contribution in [0.15, 0.2) is 47.6 Å². The van der Waals surface area contributed by atoms with E-state index in [4.69, 9.17) is 20.1 Å². The quantitative estimate of drug-likeness (QED) is 0.292. The smallest absolute Gasteiger partial charge is 0.230 e. The molecule has 0 bridgehead atoms. The Balaban J connectivity index is 1.49. The summed E-state index contributed by atoms with van der Waals surface area (Å²) < 4.78 is 17.2. The molecular weight excluding hydrogens is 432 g/mol. The molecule has 170 valence electrons. The van der Waals surface area contributed by atoms with E-state index in [1.165, 1.54) is 16.4 Å². The molecule has 0 aliphatic rings. The van der Waals surface area contributed by atoms with E-state index in [1.807, 2.05) is 36.4 Å². The summed E-state index contributed by atoms with van der Waals surface area (Å²) in [5.74, 6) is 8.59. The maximum absolute atomic E-state index is 12.3. The van der Waals surface area contributed by atoms with Crippen molar-refractivity contribution in [3.63, 3.8) is 0 Å². The van der Waals surface area contributed by atoms with E-state index in [-0.39, 0.29) is 11.7 Å². The fourth-order valence-corrected chi connectivity index (χ4v) is 3.59. The number of carbonyl (C=O) groups is 1. The van der Waals surface area contributed by atoms with Gasteiger partial charge in [-0.05, 0) is 30.3 Å². The number of nitrogens with one attached hydrogen (secondary N) is 2. The molecule has 0 unspecified atom stereocenters. The maximum Gasteiger partial charge on any atom is 0.230 e. The van der Waals surface area contributed by atoms with Crippen LogP contribution in [0, 0.1) is 0 Å². The largest absolute Gasteiger partial charge is 0.497 e. The van der Waals surface area contributed by atoms with E-state index in [0.29, 0.717) is 35.6 Å². The fourth-order valence-electron chi connectivity index (χ4n) is 2.88. The van der Waals surface area contributed by atoms with Crippen LogP contribution in [-0.2, 0) is 17.9 Å². The molecular formula is C21H26N6O4S. The second-order valence-electron chi connectivity index (χ2n) is 6.57. The monoisotopic (exact) mass is 458 g/mol. The van der Waals surface area contributed by atoms with E-state index in [0.717, 1.165) is 17.0 Å². The number of methoxy groups -OCH3 is 3. The van der Waals surface area contributed by atoms with Crippen LogP contribution in [0.1, 0.15) is 11.4 Å². The number of nitrogen functional groups attached to an aromatic ring is 1. The van der Waals surface area contributed by atoms with Crippen molar-refractivity contribution < 1.29 is 19.0 Å². The second-order valence-corrected chi connectivity index (χ2v) is 7.51. The van der Waals surface area contributed by atoms with Crippen LogP contribution >= 0.6 is 11.8 Å². The Morgan fingerprint density at radius 1 is 1.03 bits per heavy atom. The number of nitrogens with zero attached hydrogens (tertiary/aromatic N) is 3. The third kappa shape index (κ3) is 5.76. The molecule has 0 spiro atoms. The van der Waals surface area contributed by atoms with Gasteiger partial charge in [-0.25, -0.2) is 4.68 Å². The molecule has 0 atom stereocenters. The van der Waals surface area contributed by atoms with Gasteiger partial charge in [-0.1, -0.05) is 23.9 Å². The normalized spacial score (nSPS) is 10.5. The highest BCUT2D eigenvalue weighted by Crippen LogP contribution is 2.30. The lowest BCUT2D eigenvalue weighted by molar-refractivity contribution is -0.118. The summed E-state index contributed by atoms with van der Waals surface area (Å²) in [5.41, 5.74) is 1.72. The number of ether oxygens (including phenoxy) is 3. The summed E-state index contributed by atoms with van der Waals surface area (Å²) in [5, 5.41) is 14.7. The van der Waals surface area contributed by atoms with Crippen molar-refractivity contribution in [1.29, 1.82) is 0 Å². The summed E-state index contributed by atoms with van der Waals surface area (Å²) in [4.78, 5) is 12.3. The van der Waals surface area contributed by atoms with Gasteiger partial charge in [0.1, 0.15) is 5.75 Å².